The van der Waals surface area contributed by atoms with Gasteiger partial charge in [-0.15, -0.1) is 0 Å². The Labute approximate surface area is 542 Å². The monoisotopic (exact) mass is 1320 g/mol. The molecule has 2 aromatic carbocycles. The van der Waals surface area contributed by atoms with Crippen molar-refractivity contribution in [3.63, 3.8) is 0 Å². The molecule has 0 saturated carbocycles. The maximum Gasteiger partial charge on any atom is 0.305 e. The smallest absolute Gasteiger partial charge is 0.305 e. The molecule has 0 spiro atoms. The minimum atomic E-state index is -1.84. The third-order valence-corrected chi connectivity index (χ3v) is 18.1. The first-order valence-electron chi connectivity index (χ1n) is 30.7. The normalized spacial score (nSPS) is 22.1. The number of fused-ring (bicyclic) bond motifs is 1. The molecule has 1 aromatic heterocycles. The second-order valence-electron chi connectivity index (χ2n) is 23.3. The Bertz CT molecular complexity index is 3020. The molecule has 0 radical (unpaired) electrons. The van der Waals surface area contributed by atoms with Gasteiger partial charge in [0.2, 0.25) is 65.0 Å². The van der Waals surface area contributed by atoms with Crippen LogP contribution in [0.1, 0.15) is 90.3 Å². The highest BCUT2D eigenvalue weighted by molar-refractivity contribution is 8.76. The van der Waals surface area contributed by atoms with E-state index in [0.29, 0.717) is 42.7 Å². The van der Waals surface area contributed by atoms with Gasteiger partial charge in [-0.2, -0.15) is 0 Å². The molecule has 0 bridgehead atoms. The van der Waals surface area contributed by atoms with E-state index < -0.39 is 150 Å². The van der Waals surface area contributed by atoms with Gasteiger partial charge in [0.15, 0.2) is 0 Å². The summed E-state index contributed by atoms with van der Waals surface area (Å²) in [6.45, 7) is 11.5. The summed E-state index contributed by atoms with van der Waals surface area (Å²) in [6.07, 6.45) is 2.31. The van der Waals surface area contributed by atoms with Gasteiger partial charge in [0.1, 0.15) is 60.1 Å². The largest absolute Gasteiger partial charge is 0.508 e. The van der Waals surface area contributed by atoms with E-state index >= 15 is 4.79 Å². The summed E-state index contributed by atoms with van der Waals surface area (Å²) >= 11 is 0. The number of rotatable bonds is 23. The highest BCUT2D eigenvalue weighted by atomic mass is 33.1. The molecule has 3 aromatic rings. The number of phenolic OH excluding ortho intramolecular Hbond substituents is 1. The quantitative estimate of drug-likeness (QED) is 0.0502. The number of primary amides is 1. The molecular formula is C62H88N14O14S2. The van der Waals surface area contributed by atoms with E-state index in [4.69, 9.17) is 11.5 Å². The number of nitrogens with two attached hydrogens (primary N) is 2. The number of nitrogens with one attached hydrogen (secondary N) is 9. The number of aromatic nitrogens is 1. The molecule has 92 heavy (non-hydrogen) atoms. The number of phenols is 1. The minimum Gasteiger partial charge on any atom is -0.508 e. The molecule has 2 aliphatic rings. The maximum absolute atomic E-state index is 15.0. The standard InChI is InChI=1S/C62H88N14O14S2/c1-7-75(8-2)25-13-18-41-54(82)69-45(30-50(79)80)57(85)74-52(36(5)6)62(90)66-32-49(78)76-26-14-19-48(76)60(88)70-43(27-37-15-10-9-11-16-37)55(83)73-47(59(87)68-42(53(64)81)29-39-17-12-24-65-31-39)34-92-91-33-46(58(86)67-41)72-56(84)44(71-61(89)51(63)35(3)4)28-38-20-22-40(77)23-21-38/h9-12,15-17,20-24,31,35-36,41-48,51-52,77H,7-8,13-14,18-19,25-30,32-34,63H2,1-6H3,(H2,64,81)(H,66,90)(H,67,86)(H,68,87)(H,69,82)(H,70,88)(H,71,89)(H,72,84)(H,73,83)(H,74,85)(H,79,80)/t41-,42-,43-,44-,45-,46-,47-,48-,51-,52-/m0/s1. The van der Waals surface area contributed by atoms with Crippen molar-refractivity contribution >= 4 is 92.5 Å². The molecule has 2 aliphatic heterocycles. The zero-order chi connectivity index (χ0) is 67.6. The minimum absolute atomic E-state index is 0.0787. The van der Waals surface area contributed by atoms with Crippen molar-refractivity contribution in [3.8, 4) is 5.75 Å². The molecule has 0 aliphatic carbocycles. The van der Waals surface area contributed by atoms with Crippen LogP contribution in [0.25, 0.3) is 0 Å². The zero-order valence-electron chi connectivity index (χ0n) is 52.6. The van der Waals surface area contributed by atoms with Crippen LogP contribution in [-0.2, 0) is 76.8 Å². The number of aromatic hydroxyl groups is 1. The van der Waals surface area contributed by atoms with Crippen LogP contribution >= 0.6 is 21.6 Å². The van der Waals surface area contributed by atoms with E-state index in [-0.39, 0.29) is 68.2 Å². The molecule has 2 saturated heterocycles. The van der Waals surface area contributed by atoms with E-state index in [9.17, 15) is 63.0 Å². The van der Waals surface area contributed by atoms with Crippen molar-refractivity contribution in [1.82, 2.24) is 62.6 Å². The predicted molar refractivity (Wildman–Crippen MR) is 344 cm³/mol. The fourth-order valence-electron chi connectivity index (χ4n) is 10.1. The molecule has 11 amide bonds. The number of benzene rings is 2. The lowest BCUT2D eigenvalue weighted by Crippen LogP contribution is -2.61. The number of carbonyl (C=O) groups excluding carboxylic acids is 11. The lowest BCUT2D eigenvalue weighted by molar-refractivity contribution is -0.142. The van der Waals surface area contributed by atoms with Gasteiger partial charge >= 0.3 is 5.97 Å². The molecule has 28 nitrogen and oxygen atoms in total. The number of carboxylic acid groups (broad SMARTS) is 1. The highest BCUT2D eigenvalue weighted by Gasteiger charge is 2.39. The van der Waals surface area contributed by atoms with Crippen molar-refractivity contribution in [2.45, 2.75) is 153 Å². The second-order valence-corrected chi connectivity index (χ2v) is 25.8. The summed E-state index contributed by atoms with van der Waals surface area (Å²) in [4.78, 5) is 177. The molecule has 0 unspecified atom stereocenters. The summed E-state index contributed by atoms with van der Waals surface area (Å²) in [5.74, 6) is -13.0. The average Bonchev–Trinajstić information content (AvgIpc) is 3.24. The van der Waals surface area contributed by atoms with Gasteiger partial charge in [-0.3, -0.25) is 62.5 Å². The number of hydrogen-bond acceptors (Lipinski definition) is 18. The average molecular weight is 1320 g/mol. The summed E-state index contributed by atoms with van der Waals surface area (Å²) in [6, 6.07) is 3.45. The van der Waals surface area contributed by atoms with Gasteiger partial charge in [0.05, 0.1) is 19.0 Å². The SMILES string of the molecule is CCN(CC)CCC[C@@H]1NC(=O)[C@@H](NC(=O)[C@H](Cc2ccc(O)cc2)NC(=O)[C@@H](N)C(C)C)CSSC[C@@H](C(=O)N[C@@H](Cc2cccnc2)C(N)=O)NC(=O)[C@H](Cc2ccccc2)NC(=O)[C@@H]2CCCN2C(=O)CNC(=O)[C@H](C(C)C)NC(=O)[C@H](CC(=O)O)NC1=O. The van der Waals surface area contributed by atoms with E-state index in [1.54, 1.807) is 70.2 Å². The van der Waals surface area contributed by atoms with Gasteiger partial charge in [-0.05, 0) is 92.0 Å². The molecule has 15 N–H and O–H groups in total. The van der Waals surface area contributed by atoms with Gasteiger partial charge in [-0.25, -0.2) is 0 Å². The van der Waals surface area contributed by atoms with Gasteiger partial charge in [-0.1, -0.05) is 112 Å². The number of hydrogen-bond donors (Lipinski definition) is 13. The molecule has 2 fully saturated rings. The maximum atomic E-state index is 15.0. The molecule has 3 heterocycles. The van der Waals surface area contributed by atoms with Crippen molar-refractivity contribution in [1.29, 1.82) is 0 Å². The van der Waals surface area contributed by atoms with E-state index in [1.165, 1.54) is 41.6 Å². The number of nitrogens with zero attached hydrogens (tertiary/aromatic N) is 3. The topological polar surface area (TPSA) is 425 Å². The number of carbonyl (C=O) groups is 12. The van der Waals surface area contributed by atoms with Crippen LogP contribution in [0.15, 0.2) is 79.1 Å². The lowest BCUT2D eigenvalue weighted by atomic mass is 10.0. The molecule has 10 atom stereocenters. The Morgan fingerprint density at radius 3 is 1.98 bits per heavy atom. The fourth-order valence-corrected chi connectivity index (χ4v) is 12.5. The summed E-state index contributed by atoms with van der Waals surface area (Å²) in [7, 11) is 1.86. The van der Waals surface area contributed by atoms with Crippen LogP contribution in [0, 0.1) is 11.8 Å². The van der Waals surface area contributed by atoms with E-state index in [0.717, 1.165) is 21.6 Å². The van der Waals surface area contributed by atoms with Crippen molar-refractivity contribution in [3.05, 3.63) is 95.8 Å². The lowest BCUT2D eigenvalue weighted by Gasteiger charge is -2.29. The van der Waals surface area contributed by atoms with Crippen LogP contribution in [0.4, 0.5) is 0 Å². The number of amides is 11. The molecule has 30 heteroatoms. The van der Waals surface area contributed by atoms with Crippen molar-refractivity contribution in [2.75, 3.05) is 44.2 Å². The Hall–Kier alpha value is -8.35. The first-order chi connectivity index (χ1) is 43.8. The third-order valence-electron chi connectivity index (χ3n) is 15.6. The predicted octanol–water partition coefficient (Wildman–Crippen LogP) is -1.08. The summed E-state index contributed by atoms with van der Waals surface area (Å²) < 4.78 is 0. The van der Waals surface area contributed by atoms with E-state index in [2.05, 4.69) is 52.8 Å². The molecular weight excluding hydrogens is 1230 g/mol. The van der Waals surface area contributed by atoms with Crippen LogP contribution in [0.2, 0.25) is 0 Å². The Balaban J connectivity index is 1.62. The van der Waals surface area contributed by atoms with Crippen molar-refractivity contribution < 1.29 is 67.7 Å². The summed E-state index contributed by atoms with van der Waals surface area (Å²) in [5.41, 5.74) is 13.7. The molecule has 5 rings (SSSR count). The Morgan fingerprint density at radius 2 is 1.35 bits per heavy atom. The first kappa shape index (κ1) is 74.4. The molecule has 502 valence electrons. The van der Waals surface area contributed by atoms with Crippen LogP contribution in [0.3, 0.4) is 0 Å². The number of aliphatic carboxylic acids is 1. The Kier molecular flexibility index (Phi) is 30.1. The highest BCUT2D eigenvalue weighted by Crippen LogP contribution is 2.25. The number of carboxylic acids is 1. The van der Waals surface area contributed by atoms with Gasteiger partial charge in [0, 0.05) is 49.7 Å². The van der Waals surface area contributed by atoms with Gasteiger partial charge in [0.25, 0.3) is 0 Å². The number of pyridine rings is 1. The third kappa shape index (κ3) is 23.7. The van der Waals surface area contributed by atoms with Gasteiger partial charge < -0.3 is 79.3 Å². The fraction of sp³-hybridized carbons (Fsp3) is 0.532. The van der Waals surface area contributed by atoms with Crippen LogP contribution < -0.4 is 59.3 Å². The second kappa shape index (κ2) is 37.2. The zero-order valence-corrected chi connectivity index (χ0v) is 54.3. The van der Waals surface area contributed by atoms with Crippen LogP contribution in [-0.4, -0.2) is 201 Å². The van der Waals surface area contributed by atoms with Crippen molar-refractivity contribution in [2.24, 2.45) is 23.3 Å². The first-order valence-corrected chi connectivity index (χ1v) is 33.2. The Morgan fingerprint density at radius 1 is 0.717 bits per heavy atom. The van der Waals surface area contributed by atoms with Crippen LogP contribution in [0.5, 0.6) is 5.75 Å². The summed E-state index contributed by atoms with van der Waals surface area (Å²) in [5, 5.41) is 43.8. The van der Waals surface area contributed by atoms with E-state index in [1.807, 2.05) is 18.7 Å².